The fourth-order valence-electron chi connectivity index (χ4n) is 4.86. The van der Waals surface area contributed by atoms with Gasteiger partial charge in [0.25, 0.3) is 0 Å². The third kappa shape index (κ3) is 2.61. The molecule has 0 aromatic carbocycles. The Balaban J connectivity index is 0.00000168. The van der Waals surface area contributed by atoms with Crippen LogP contribution in [0.3, 0.4) is 0 Å². The highest BCUT2D eigenvalue weighted by Gasteiger charge is 2.57. The van der Waals surface area contributed by atoms with E-state index in [-0.39, 0.29) is 30.3 Å². The van der Waals surface area contributed by atoms with E-state index in [0.717, 1.165) is 62.1 Å². The van der Waals surface area contributed by atoms with Gasteiger partial charge < -0.3 is 16.2 Å². The van der Waals surface area contributed by atoms with E-state index < -0.39 is 0 Å². The molecule has 2 aromatic rings. The Morgan fingerprint density at radius 3 is 2.69 bits per heavy atom. The van der Waals surface area contributed by atoms with Crippen LogP contribution in [0.5, 0.6) is 0 Å². The maximum atomic E-state index is 9.89. The van der Waals surface area contributed by atoms with Crippen molar-refractivity contribution < 1.29 is 5.11 Å². The summed E-state index contributed by atoms with van der Waals surface area (Å²) in [6.45, 7) is 0.212. The molecule has 2 heterocycles. The average molecular weight is 398 g/mol. The molecule has 2 fully saturated rings. The molecular formula is C18H25Cl2N5O. The van der Waals surface area contributed by atoms with Crippen molar-refractivity contribution in [2.24, 2.45) is 11.7 Å². The van der Waals surface area contributed by atoms with Crippen LogP contribution in [0.4, 0.5) is 5.82 Å². The van der Waals surface area contributed by atoms with Crippen molar-refractivity contribution in [1.82, 2.24) is 14.6 Å². The van der Waals surface area contributed by atoms with Gasteiger partial charge >= 0.3 is 0 Å². The predicted octanol–water partition coefficient (Wildman–Crippen LogP) is 2.68. The van der Waals surface area contributed by atoms with Gasteiger partial charge in [0.15, 0.2) is 5.65 Å². The fourth-order valence-corrected chi connectivity index (χ4v) is 5.03. The van der Waals surface area contributed by atoms with Gasteiger partial charge in [-0.1, -0.05) is 11.6 Å². The first-order chi connectivity index (χ1) is 12.1. The minimum absolute atomic E-state index is 0. The van der Waals surface area contributed by atoms with Crippen LogP contribution < -0.4 is 11.1 Å². The molecule has 0 radical (unpaired) electrons. The second-order valence-electron chi connectivity index (χ2n) is 8.01. The van der Waals surface area contributed by atoms with E-state index in [1.54, 1.807) is 6.20 Å². The molecule has 0 amide bonds. The second-order valence-corrected chi connectivity index (χ2v) is 8.42. The van der Waals surface area contributed by atoms with Gasteiger partial charge in [-0.25, -0.2) is 4.98 Å². The summed E-state index contributed by atoms with van der Waals surface area (Å²) in [5.74, 6) is 1.29. The molecule has 0 aliphatic heterocycles. The van der Waals surface area contributed by atoms with Crippen LogP contribution in [0.15, 0.2) is 6.20 Å². The minimum Gasteiger partial charge on any atom is -0.396 e. The minimum atomic E-state index is 0. The second kappa shape index (κ2) is 6.51. The van der Waals surface area contributed by atoms with Gasteiger partial charge in [-0.2, -0.15) is 9.61 Å². The summed E-state index contributed by atoms with van der Waals surface area (Å²) >= 11 is 6.35. The van der Waals surface area contributed by atoms with Crippen molar-refractivity contribution >= 4 is 35.5 Å². The van der Waals surface area contributed by atoms with Crippen molar-refractivity contribution in [2.75, 3.05) is 11.9 Å². The monoisotopic (exact) mass is 397 g/mol. The average Bonchev–Trinajstić information content (AvgIpc) is 3.24. The number of nitrogens with two attached hydrogens (primary N) is 1. The van der Waals surface area contributed by atoms with Crippen molar-refractivity contribution in [3.8, 4) is 0 Å². The van der Waals surface area contributed by atoms with Crippen LogP contribution >= 0.6 is 24.0 Å². The first-order valence-electron chi connectivity index (χ1n) is 9.32. The molecule has 4 N–H and O–H groups in total. The highest BCUT2D eigenvalue weighted by Crippen LogP contribution is 2.60. The number of hydrogen-bond acceptors (Lipinski definition) is 5. The van der Waals surface area contributed by atoms with Crippen LogP contribution in [0.1, 0.15) is 49.8 Å². The van der Waals surface area contributed by atoms with E-state index >= 15 is 0 Å². The van der Waals surface area contributed by atoms with Crippen LogP contribution in [0, 0.1) is 5.92 Å². The molecule has 0 saturated heterocycles. The fraction of sp³-hybridized carbons (Fsp3) is 0.667. The van der Waals surface area contributed by atoms with Crippen molar-refractivity contribution in [2.45, 2.75) is 62.4 Å². The quantitative estimate of drug-likeness (QED) is 0.740. The zero-order chi connectivity index (χ0) is 17.2. The topological polar surface area (TPSA) is 88.5 Å². The number of hydrogen-bond donors (Lipinski definition) is 3. The van der Waals surface area contributed by atoms with Crippen molar-refractivity contribution in [3.63, 3.8) is 0 Å². The van der Waals surface area contributed by atoms with Crippen LogP contribution in [-0.4, -0.2) is 38.4 Å². The number of rotatable bonds is 3. The summed E-state index contributed by atoms with van der Waals surface area (Å²) in [7, 11) is 0. The summed E-state index contributed by atoms with van der Waals surface area (Å²) < 4.78 is 1.85. The first-order valence-corrected chi connectivity index (χ1v) is 9.70. The zero-order valence-corrected chi connectivity index (χ0v) is 16.2. The molecule has 1 unspecified atom stereocenters. The van der Waals surface area contributed by atoms with Crippen LogP contribution in [0.2, 0.25) is 5.02 Å². The molecule has 3 aliphatic rings. The lowest BCUT2D eigenvalue weighted by atomic mass is 9.92. The van der Waals surface area contributed by atoms with Crippen molar-refractivity contribution in [3.05, 3.63) is 22.5 Å². The summed E-state index contributed by atoms with van der Waals surface area (Å²) in [4.78, 5) is 4.89. The standard InChI is InChI=1S/C18H24ClN5O.ClH/c19-14-8-21-24-16(22-12-3-1-11(20)2-4-12)13-7-10(9-25)18(5-6-18)15(13)23-17(14)24;/h8,10-12,22,25H,1-7,9,20H2;1H. The molecule has 1 atom stereocenters. The van der Waals surface area contributed by atoms with Crippen LogP contribution in [-0.2, 0) is 11.8 Å². The van der Waals surface area contributed by atoms with E-state index in [1.807, 2.05) is 4.52 Å². The van der Waals surface area contributed by atoms with Gasteiger partial charge in [0, 0.05) is 29.7 Å². The van der Waals surface area contributed by atoms with E-state index in [1.165, 1.54) is 5.56 Å². The lowest BCUT2D eigenvalue weighted by molar-refractivity contribution is 0.204. The summed E-state index contributed by atoms with van der Waals surface area (Å²) in [5, 5.41) is 18.7. The zero-order valence-electron chi connectivity index (χ0n) is 14.6. The third-order valence-corrected chi connectivity index (χ3v) is 6.79. The number of aliphatic hydroxyl groups excluding tert-OH is 1. The van der Waals surface area contributed by atoms with E-state index in [9.17, 15) is 5.11 Å². The van der Waals surface area contributed by atoms with E-state index in [0.29, 0.717) is 17.1 Å². The largest absolute Gasteiger partial charge is 0.396 e. The van der Waals surface area contributed by atoms with Gasteiger partial charge in [-0.15, -0.1) is 12.4 Å². The molecule has 6 nitrogen and oxygen atoms in total. The molecule has 8 heteroatoms. The number of aliphatic hydroxyl groups is 1. The molecule has 3 aliphatic carbocycles. The lowest BCUT2D eigenvalue weighted by Crippen LogP contribution is -2.33. The van der Waals surface area contributed by atoms with Gasteiger partial charge in [-0.05, 0) is 50.9 Å². The molecule has 5 rings (SSSR count). The molecule has 1 spiro atoms. The normalized spacial score (nSPS) is 28.8. The van der Waals surface area contributed by atoms with Crippen LogP contribution in [0.25, 0.3) is 5.65 Å². The van der Waals surface area contributed by atoms with E-state index in [4.69, 9.17) is 22.3 Å². The lowest BCUT2D eigenvalue weighted by Gasteiger charge is -2.28. The molecule has 142 valence electrons. The molecule has 2 aromatic heterocycles. The molecule has 26 heavy (non-hydrogen) atoms. The predicted molar refractivity (Wildman–Crippen MR) is 104 cm³/mol. The van der Waals surface area contributed by atoms with Gasteiger partial charge in [0.05, 0.1) is 11.9 Å². The number of fused-ring (bicyclic) bond motifs is 3. The SMILES string of the molecule is Cl.NC1CCC(Nc2c3c(nc4c(Cl)cnn24)C2(CC2)C(CO)C3)CC1. The highest BCUT2D eigenvalue weighted by molar-refractivity contribution is 6.33. The molecule has 0 bridgehead atoms. The Kier molecular flexibility index (Phi) is 4.58. The van der Waals surface area contributed by atoms with E-state index in [2.05, 4.69) is 10.4 Å². The number of nitrogens with zero attached hydrogens (tertiary/aromatic N) is 3. The summed E-state index contributed by atoms with van der Waals surface area (Å²) in [6.07, 6.45) is 9.00. The number of aromatic nitrogens is 3. The Morgan fingerprint density at radius 1 is 1.31 bits per heavy atom. The number of nitrogens with one attached hydrogen (secondary N) is 1. The Hall–Kier alpha value is -1.08. The summed E-state index contributed by atoms with van der Waals surface area (Å²) in [5.41, 5.74) is 9.19. The maximum absolute atomic E-state index is 9.89. The van der Waals surface area contributed by atoms with Gasteiger partial charge in [0.2, 0.25) is 0 Å². The third-order valence-electron chi connectivity index (χ3n) is 6.53. The highest BCUT2D eigenvalue weighted by atomic mass is 35.5. The maximum Gasteiger partial charge on any atom is 0.176 e. The Labute approximate surface area is 163 Å². The van der Waals surface area contributed by atoms with Gasteiger partial charge in [-0.3, -0.25) is 0 Å². The number of anilines is 1. The molecule has 2 saturated carbocycles. The number of halogens is 2. The molecular weight excluding hydrogens is 373 g/mol. The van der Waals surface area contributed by atoms with Gasteiger partial charge in [0.1, 0.15) is 10.8 Å². The first kappa shape index (κ1) is 18.3. The smallest absolute Gasteiger partial charge is 0.176 e. The Bertz CT molecular complexity index is 827. The van der Waals surface area contributed by atoms with Crippen molar-refractivity contribution in [1.29, 1.82) is 0 Å². The Morgan fingerprint density at radius 2 is 2.04 bits per heavy atom. The summed E-state index contributed by atoms with van der Waals surface area (Å²) in [6, 6.07) is 0.731.